The second-order valence-corrected chi connectivity index (χ2v) is 5.48. The maximum absolute atomic E-state index is 13.4. The largest absolute Gasteiger partial charge is 0.379 e. The van der Waals surface area contributed by atoms with Gasteiger partial charge in [0.2, 0.25) is 17.4 Å². The van der Waals surface area contributed by atoms with Crippen LogP contribution >= 0.6 is 0 Å². The molecule has 1 unspecified atom stereocenters. The fourth-order valence-corrected chi connectivity index (χ4v) is 2.86. The molecule has 2 aromatic rings. The van der Waals surface area contributed by atoms with Gasteiger partial charge in [0.15, 0.2) is 0 Å². The predicted octanol–water partition coefficient (Wildman–Crippen LogP) is -0.620. The number of aromatic nitrogens is 4. The van der Waals surface area contributed by atoms with Crippen molar-refractivity contribution in [3.63, 3.8) is 0 Å². The number of ether oxygens (including phenoxy) is 2. The molecular weight excluding hydrogens is 340 g/mol. The molecule has 0 spiro atoms. The molecule has 1 aliphatic heterocycles. The van der Waals surface area contributed by atoms with E-state index < -0.39 is 17.4 Å². The molecule has 1 saturated heterocycles. The van der Waals surface area contributed by atoms with Crippen LogP contribution in [0.15, 0.2) is 30.7 Å². The lowest BCUT2D eigenvalue weighted by molar-refractivity contribution is -0.140. The molecule has 136 valence electrons. The summed E-state index contributed by atoms with van der Waals surface area (Å²) in [6, 6.07) is 3.11. The summed E-state index contributed by atoms with van der Waals surface area (Å²) in [7, 11) is 1.39. The molecule has 2 N–H and O–H groups in total. The zero-order chi connectivity index (χ0) is 18.6. The first kappa shape index (κ1) is 18.0. The summed E-state index contributed by atoms with van der Waals surface area (Å²) < 4.78 is 11.1. The van der Waals surface area contributed by atoms with Crippen LogP contribution < -0.4 is 5.73 Å². The molecule has 3 heterocycles. The van der Waals surface area contributed by atoms with Crippen LogP contribution in [0.4, 0.5) is 0 Å². The topological polar surface area (TPSA) is 133 Å². The molecule has 0 radical (unpaired) electrons. The first-order chi connectivity index (χ1) is 12.6. The number of carbonyl (C=O) groups excluding carboxylic acids is 2. The van der Waals surface area contributed by atoms with Crippen LogP contribution in [0.25, 0.3) is 0 Å². The van der Waals surface area contributed by atoms with E-state index in [0.29, 0.717) is 26.3 Å². The number of hydrogen-bond acceptors (Lipinski definition) is 9. The minimum Gasteiger partial charge on any atom is -0.379 e. The van der Waals surface area contributed by atoms with Crippen LogP contribution in [0.1, 0.15) is 26.9 Å². The third-order valence-corrected chi connectivity index (χ3v) is 4.05. The molecule has 1 fully saturated rings. The normalized spacial score (nSPS) is 17.4. The molecule has 1 amide bonds. The zero-order valence-corrected chi connectivity index (χ0v) is 14.2. The van der Waals surface area contributed by atoms with E-state index in [-0.39, 0.29) is 17.3 Å². The van der Waals surface area contributed by atoms with E-state index in [1.165, 1.54) is 31.8 Å². The number of nitrogens with zero attached hydrogens (tertiary/aromatic N) is 5. The van der Waals surface area contributed by atoms with Crippen LogP contribution in [0.3, 0.4) is 0 Å². The van der Waals surface area contributed by atoms with Crippen LogP contribution in [0, 0.1) is 0 Å². The molecule has 0 bridgehead atoms. The van der Waals surface area contributed by atoms with Gasteiger partial charge in [-0.3, -0.25) is 14.5 Å². The average molecular weight is 358 g/mol. The molecule has 0 aliphatic carbocycles. The second kappa shape index (κ2) is 7.60. The number of carbonyl (C=O) groups is 2. The molecule has 26 heavy (non-hydrogen) atoms. The summed E-state index contributed by atoms with van der Waals surface area (Å²) in [5.74, 6) is -1.54. The number of nitrogens with two attached hydrogens (primary N) is 1. The Hall–Kier alpha value is -2.82. The molecular formula is C16H18N6O4. The Balaban J connectivity index is 2.16. The minimum absolute atomic E-state index is 0.0277. The predicted molar refractivity (Wildman–Crippen MR) is 88.0 cm³/mol. The van der Waals surface area contributed by atoms with Gasteiger partial charge in [0.05, 0.1) is 18.9 Å². The van der Waals surface area contributed by atoms with Crippen LogP contribution in [-0.4, -0.2) is 69.9 Å². The molecule has 10 nitrogen and oxygen atoms in total. The molecule has 1 atom stereocenters. The summed E-state index contributed by atoms with van der Waals surface area (Å²) in [5, 5.41) is 0. The Kier molecular flexibility index (Phi) is 5.26. The zero-order valence-electron chi connectivity index (χ0n) is 14.2. The Labute approximate surface area is 149 Å². The molecule has 0 saturated carbocycles. The monoisotopic (exact) mass is 358 g/mol. The highest BCUT2D eigenvalue weighted by atomic mass is 16.5. The number of Topliss-reactive ketones (excluding diaryl/α,β-unsaturated/α-hetero) is 1. The smallest absolute Gasteiger partial charge is 0.286 e. The Morgan fingerprint density at radius 3 is 2.42 bits per heavy atom. The van der Waals surface area contributed by atoms with Gasteiger partial charge >= 0.3 is 0 Å². The first-order valence-corrected chi connectivity index (χ1v) is 7.92. The highest BCUT2D eigenvalue weighted by Gasteiger charge is 2.50. The number of methoxy groups -OCH3 is 1. The Bertz CT molecular complexity index is 796. The number of amides is 1. The van der Waals surface area contributed by atoms with E-state index in [1.54, 1.807) is 11.0 Å². The van der Waals surface area contributed by atoms with Gasteiger partial charge in [-0.2, -0.15) is 0 Å². The van der Waals surface area contributed by atoms with Crippen molar-refractivity contribution >= 4 is 11.7 Å². The van der Waals surface area contributed by atoms with Crippen LogP contribution in [0.5, 0.6) is 0 Å². The number of morpholine rings is 1. The summed E-state index contributed by atoms with van der Waals surface area (Å²) in [4.78, 5) is 42.7. The lowest BCUT2D eigenvalue weighted by Crippen LogP contribution is -2.58. The number of primary amides is 1. The second-order valence-electron chi connectivity index (χ2n) is 5.48. The van der Waals surface area contributed by atoms with Gasteiger partial charge < -0.3 is 15.2 Å². The summed E-state index contributed by atoms with van der Waals surface area (Å²) >= 11 is 0. The minimum atomic E-state index is -1.63. The van der Waals surface area contributed by atoms with E-state index in [2.05, 4.69) is 19.9 Å². The molecule has 1 aliphatic rings. The summed E-state index contributed by atoms with van der Waals surface area (Å²) in [6.45, 7) is 1.67. The fourth-order valence-electron chi connectivity index (χ4n) is 2.86. The summed E-state index contributed by atoms with van der Waals surface area (Å²) in [5.41, 5.74) is 3.84. The van der Waals surface area contributed by atoms with Gasteiger partial charge in [0.1, 0.15) is 0 Å². The highest BCUT2D eigenvalue weighted by molar-refractivity contribution is 5.99. The van der Waals surface area contributed by atoms with Crippen molar-refractivity contribution in [1.29, 1.82) is 0 Å². The van der Waals surface area contributed by atoms with Gasteiger partial charge in [-0.25, -0.2) is 19.9 Å². The van der Waals surface area contributed by atoms with Gasteiger partial charge in [-0.15, -0.1) is 0 Å². The van der Waals surface area contributed by atoms with Crippen molar-refractivity contribution in [3.05, 3.63) is 48.1 Å². The van der Waals surface area contributed by atoms with Crippen LogP contribution in [-0.2, 0) is 15.2 Å². The highest BCUT2D eigenvalue weighted by Crippen LogP contribution is 2.32. The molecule has 10 heteroatoms. The first-order valence-electron chi connectivity index (χ1n) is 7.92. The Morgan fingerprint density at radius 1 is 1.15 bits per heavy atom. The lowest BCUT2D eigenvalue weighted by Gasteiger charge is -2.42. The van der Waals surface area contributed by atoms with E-state index in [4.69, 9.17) is 15.2 Å². The van der Waals surface area contributed by atoms with E-state index in [1.807, 2.05) is 0 Å². The quantitative estimate of drug-likeness (QED) is 0.670. The SMILES string of the molecule is COC(C(=O)c1ncccn1)(c1ccnc(C(N)=O)n1)N1CCOCC1. The molecule has 3 rings (SSSR count). The average Bonchev–Trinajstić information content (AvgIpc) is 2.70. The Morgan fingerprint density at radius 2 is 1.81 bits per heavy atom. The van der Waals surface area contributed by atoms with Crippen molar-refractivity contribution in [1.82, 2.24) is 24.8 Å². The van der Waals surface area contributed by atoms with Gasteiger partial charge in [0.25, 0.3) is 11.7 Å². The fraction of sp³-hybridized carbons (Fsp3) is 0.375. The molecule has 2 aromatic heterocycles. The van der Waals surface area contributed by atoms with Crippen LogP contribution in [0.2, 0.25) is 0 Å². The number of rotatable bonds is 6. The van der Waals surface area contributed by atoms with E-state index >= 15 is 0 Å². The maximum atomic E-state index is 13.4. The third kappa shape index (κ3) is 3.17. The third-order valence-electron chi connectivity index (χ3n) is 4.05. The van der Waals surface area contributed by atoms with Gasteiger partial charge in [0, 0.05) is 38.8 Å². The van der Waals surface area contributed by atoms with Crippen molar-refractivity contribution in [3.8, 4) is 0 Å². The number of hydrogen-bond donors (Lipinski definition) is 1. The summed E-state index contributed by atoms with van der Waals surface area (Å²) in [6.07, 6.45) is 4.29. The standard InChI is InChI=1S/C16H18N6O4/c1-25-16(22-7-9-26-10-8-22,12(23)14-18-4-2-5-19-14)11-3-6-20-15(21-11)13(17)24/h2-6H,7-10H2,1H3,(H2,17,24). The van der Waals surface area contributed by atoms with E-state index in [9.17, 15) is 9.59 Å². The lowest BCUT2D eigenvalue weighted by atomic mass is 9.99. The number of ketones is 1. The van der Waals surface area contributed by atoms with Crippen molar-refractivity contribution in [2.45, 2.75) is 5.72 Å². The van der Waals surface area contributed by atoms with Gasteiger partial charge in [-0.1, -0.05) is 0 Å². The van der Waals surface area contributed by atoms with E-state index in [0.717, 1.165) is 0 Å². The maximum Gasteiger partial charge on any atom is 0.286 e. The van der Waals surface area contributed by atoms with Gasteiger partial charge in [-0.05, 0) is 12.1 Å². The molecule has 0 aromatic carbocycles. The van der Waals surface area contributed by atoms with Crippen molar-refractivity contribution in [2.24, 2.45) is 5.73 Å². The van der Waals surface area contributed by atoms with Crippen molar-refractivity contribution in [2.75, 3.05) is 33.4 Å². The van der Waals surface area contributed by atoms with Crippen molar-refractivity contribution < 1.29 is 19.1 Å².